The molecule has 0 bridgehead atoms. The van der Waals surface area contributed by atoms with Gasteiger partial charge in [0.05, 0.1) is 23.6 Å². The first-order valence-corrected chi connectivity index (χ1v) is 6.48. The number of hydrogen-bond donors (Lipinski definition) is 0. The molecule has 0 N–H and O–H groups in total. The Balaban J connectivity index is 2.85. The van der Waals surface area contributed by atoms with Crippen LogP contribution < -0.4 is 4.74 Å². The van der Waals surface area contributed by atoms with E-state index in [4.69, 9.17) is 4.74 Å². The van der Waals surface area contributed by atoms with E-state index >= 15 is 0 Å². The van der Waals surface area contributed by atoms with Gasteiger partial charge in [0, 0.05) is 6.07 Å². The first-order chi connectivity index (χ1) is 9.49. The number of pyridine rings is 1. The fourth-order valence-electron chi connectivity index (χ4n) is 1.75. The molecule has 0 atom stereocenters. The average molecular weight is 346 g/mol. The van der Waals surface area contributed by atoms with Crippen molar-refractivity contribution in [3.63, 3.8) is 0 Å². The largest absolute Gasteiger partial charge is 0.493 e. The van der Waals surface area contributed by atoms with E-state index in [2.05, 4.69) is 25.7 Å². The third-order valence-corrected chi connectivity index (χ3v) is 3.16. The van der Waals surface area contributed by atoms with E-state index in [1.54, 1.807) is 6.92 Å². The summed E-state index contributed by atoms with van der Waals surface area (Å²) in [4.78, 5) is 15.3. The van der Waals surface area contributed by atoms with Crippen LogP contribution in [0.4, 0.5) is 8.78 Å². The van der Waals surface area contributed by atoms with Crippen LogP contribution >= 0.6 is 15.9 Å². The first kappa shape index (κ1) is 14.6. The lowest BCUT2D eigenvalue weighted by Crippen LogP contribution is -2.07. The average Bonchev–Trinajstić information content (AvgIpc) is 2.43. The number of aromatic nitrogens is 1. The van der Waals surface area contributed by atoms with Gasteiger partial charge in [0.25, 0.3) is 0 Å². The highest BCUT2D eigenvalue weighted by Gasteiger charge is 2.20. The van der Waals surface area contributed by atoms with Crippen LogP contribution in [0.15, 0.2) is 16.6 Å². The fourth-order valence-corrected chi connectivity index (χ4v) is 2.15. The Morgan fingerprint density at radius 2 is 2.10 bits per heavy atom. The van der Waals surface area contributed by atoms with Gasteiger partial charge in [-0.3, -0.25) is 0 Å². The second-order valence-corrected chi connectivity index (χ2v) is 4.66. The minimum absolute atomic E-state index is 0.0376. The number of benzene rings is 1. The van der Waals surface area contributed by atoms with Crippen molar-refractivity contribution in [3.05, 3.63) is 33.9 Å². The van der Waals surface area contributed by atoms with E-state index in [9.17, 15) is 13.6 Å². The number of hydrogen-bond acceptors (Lipinski definition) is 4. The second-order valence-electron chi connectivity index (χ2n) is 3.81. The molecule has 0 aliphatic heterocycles. The first-order valence-electron chi connectivity index (χ1n) is 5.69. The standard InChI is InChI=1S/C13H10BrF2NO3/c1-3-20-9-5-8(13(18)19-2)17-12-7(15)4-6(14)11(16)10(9)12/h4-5H,3H2,1-2H3. The lowest BCUT2D eigenvalue weighted by Gasteiger charge is -2.11. The predicted molar refractivity (Wildman–Crippen MR) is 71.9 cm³/mol. The number of esters is 1. The van der Waals surface area contributed by atoms with Gasteiger partial charge in [-0.15, -0.1) is 0 Å². The number of carbonyl (C=O) groups is 1. The van der Waals surface area contributed by atoms with Gasteiger partial charge in [0.1, 0.15) is 11.3 Å². The Bertz CT molecular complexity index is 691. The van der Waals surface area contributed by atoms with E-state index in [0.717, 1.165) is 6.07 Å². The maximum atomic E-state index is 14.1. The van der Waals surface area contributed by atoms with Gasteiger partial charge in [-0.1, -0.05) is 0 Å². The van der Waals surface area contributed by atoms with Crippen LogP contribution in [0.25, 0.3) is 10.9 Å². The Kier molecular flexibility index (Phi) is 4.17. The van der Waals surface area contributed by atoms with E-state index in [1.165, 1.54) is 13.2 Å². The summed E-state index contributed by atoms with van der Waals surface area (Å²) in [5, 5.41) is -0.119. The molecule has 0 unspecified atom stereocenters. The summed E-state index contributed by atoms with van der Waals surface area (Å²) in [6.07, 6.45) is 0. The third kappa shape index (κ3) is 2.45. The van der Waals surface area contributed by atoms with Crippen LogP contribution in [0.5, 0.6) is 5.75 Å². The lowest BCUT2D eigenvalue weighted by molar-refractivity contribution is 0.0594. The van der Waals surface area contributed by atoms with Gasteiger partial charge in [-0.2, -0.15) is 0 Å². The van der Waals surface area contributed by atoms with E-state index in [0.29, 0.717) is 0 Å². The van der Waals surface area contributed by atoms with Gasteiger partial charge in [-0.25, -0.2) is 18.6 Å². The van der Waals surface area contributed by atoms with Crippen molar-refractivity contribution >= 4 is 32.8 Å². The summed E-state index contributed by atoms with van der Waals surface area (Å²) < 4.78 is 37.8. The molecule has 4 nitrogen and oxygen atoms in total. The van der Waals surface area contributed by atoms with Crippen molar-refractivity contribution in [1.82, 2.24) is 4.98 Å². The number of nitrogens with zero attached hydrogens (tertiary/aromatic N) is 1. The lowest BCUT2D eigenvalue weighted by atomic mass is 10.1. The topological polar surface area (TPSA) is 48.4 Å². The monoisotopic (exact) mass is 345 g/mol. The second kappa shape index (κ2) is 5.70. The zero-order valence-electron chi connectivity index (χ0n) is 10.7. The van der Waals surface area contributed by atoms with E-state index < -0.39 is 17.6 Å². The van der Waals surface area contributed by atoms with Crippen molar-refractivity contribution in [2.45, 2.75) is 6.92 Å². The maximum absolute atomic E-state index is 14.1. The minimum atomic E-state index is -0.764. The molecule has 0 saturated carbocycles. The van der Waals surface area contributed by atoms with Crippen LogP contribution in [0.2, 0.25) is 0 Å². The van der Waals surface area contributed by atoms with Crippen LogP contribution in [-0.4, -0.2) is 24.7 Å². The molecule has 0 aliphatic rings. The summed E-state index contributed by atoms with van der Waals surface area (Å²) >= 11 is 2.92. The highest BCUT2D eigenvalue weighted by Crippen LogP contribution is 2.34. The molecule has 0 aliphatic carbocycles. The van der Waals surface area contributed by atoms with Crippen molar-refractivity contribution in [2.75, 3.05) is 13.7 Å². The molecule has 7 heteroatoms. The number of fused-ring (bicyclic) bond motifs is 1. The Morgan fingerprint density at radius 1 is 1.40 bits per heavy atom. The Labute approximate surface area is 121 Å². The molecule has 106 valence electrons. The highest BCUT2D eigenvalue weighted by atomic mass is 79.9. The zero-order valence-corrected chi connectivity index (χ0v) is 12.3. The molecule has 0 spiro atoms. The van der Waals surface area contributed by atoms with Crippen LogP contribution in [0.1, 0.15) is 17.4 Å². The molecule has 0 fully saturated rings. The summed E-state index contributed by atoms with van der Waals surface area (Å²) in [5.74, 6) is -2.18. The predicted octanol–water partition coefficient (Wildman–Crippen LogP) is 3.46. The van der Waals surface area contributed by atoms with Crippen LogP contribution in [0.3, 0.4) is 0 Å². The molecule has 1 aromatic heterocycles. The number of halogens is 3. The Hall–Kier alpha value is -1.76. The quantitative estimate of drug-likeness (QED) is 0.631. The Morgan fingerprint density at radius 3 is 2.70 bits per heavy atom. The summed E-state index contributed by atoms with van der Waals surface area (Å²) in [5.41, 5.74) is -0.430. The summed E-state index contributed by atoms with van der Waals surface area (Å²) in [6.45, 7) is 1.92. The molecule has 2 rings (SSSR count). The third-order valence-electron chi connectivity index (χ3n) is 2.59. The van der Waals surface area contributed by atoms with Gasteiger partial charge >= 0.3 is 5.97 Å². The molecule has 1 aromatic carbocycles. The van der Waals surface area contributed by atoms with Gasteiger partial charge in [0.2, 0.25) is 0 Å². The van der Waals surface area contributed by atoms with Crippen molar-refractivity contribution < 1.29 is 23.0 Å². The van der Waals surface area contributed by atoms with Crippen molar-refractivity contribution in [1.29, 1.82) is 0 Å². The highest BCUT2D eigenvalue weighted by molar-refractivity contribution is 9.10. The normalized spacial score (nSPS) is 10.7. The fraction of sp³-hybridized carbons (Fsp3) is 0.231. The minimum Gasteiger partial charge on any atom is -0.493 e. The summed E-state index contributed by atoms with van der Waals surface area (Å²) in [7, 11) is 1.17. The number of carbonyl (C=O) groups excluding carboxylic acids is 1. The smallest absolute Gasteiger partial charge is 0.356 e. The van der Waals surface area contributed by atoms with Gasteiger partial charge < -0.3 is 9.47 Å². The molecular weight excluding hydrogens is 336 g/mol. The molecule has 0 radical (unpaired) electrons. The van der Waals surface area contributed by atoms with Crippen molar-refractivity contribution in [2.24, 2.45) is 0 Å². The maximum Gasteiger partial charge on any atom is 0.356 e. The molecular formula is C13H10BrF2NO3. The molecule has 2 aromatic rings. The molecule has 1 heterocycles. The SMILES string of the molecule is CCOc1cc(C(=O)OC)nc2c(F)cc(Br)c(F)c12. The van der Waals surface area contributed by atoms with Crippen LogP contribution in [0, 0.1) is 11.6 Å². The zero-order chi connectivity index (χ0) is 14.9. The van der Waals surface area contributed by atoms with Crippen LogP contribution in [-0.2, 0) is 4.74 Å². The molecule has 0 amide bonds. The summed E-state index contributed by atoms with van der Waals surface area (Å²) in [6, 6.07) is 2.17. The van der Waals surface area contributed by atoms with E-state index in [-0.39, 0.29) is 33.4 Å². The van der Waals surface area contributed by atoms with Crippen molar-refractivity contribution in [3.8, 4) is 5.75 Å². The molecule has 20 heavy (non-hydrogen) atoms. The number of methoxy groups -OCH3 is 1. The van der Waals surface area contributed by atoms with E-state index in [1.807, 2.05) is 0 Å². The molecule has 0 saturated heterocycles. The number of rotatable bonds is 3. The van der Waals surface area contributed by atoms with Gasteiger partial charge in [0.15, 0.2) is 17.3 Å². The number of ether oxygens (including phenoxy) is 2. The van der Waals surface area contributed by atoms with Gasteiger partial charge in [-0.05, 0) is 28.9 Å².